The van der Waals surface area contributed by atoms with Crippen LogP contribution in [0.1, 0.15) is 18.4 Å². The van der Waals surface area contributed by atoms with Gasteiger partial charge >= 0.3 is 5.97 Å². The standard InChI is InChI=1S/C23H22N4O3S2/c1-15-8-10-16(11-9-15)19-14-32-23(26-19)27-20(28)13-30-21(29)7-4-12-31-22-24-17-5-2-3-6-18(17)25-22/h2-3,5-6,8-11,14H,4,7,12-13H2,1H3,(H,24,25)(H,26,27,28). The Kier molecular flexibility index (Phi) is 7.18. The fourth-order valence-corrected chi connectivity index (χ4v) is 4.51. The van der Waals surface area contributed by atoms with Gasteiger partial charge in [0.1, 0.15) is 0 Å². The average Bonchev–Trinajstić information content (AvgIpc) is 3.42. The molecular weight excluding hydrogens is 444 g/mol. The van der Waals surface area contributed by atoms with Crippen molar-refractivity contribution in [1.29, 1.82) is 0 Å². The third-order valence-corrected chi connectivity index (χ3v) is 6.31. The van der Waals surface area contributed by atoms with Gasteiger partial charge in [-0.15, -0.1) is 11.3 Å². The van der Waals surface area contributed by atoms with Gasteiger partial charge in [0.15, 0.2) is 16.9 Å². The zero-order valence-electron chi connectivity index (χ0n) is 17.5. The third-order valence-electron chi connectivity index (χ3n) is 4.59. The van der Waals surface area contributed by atoms with Crippen LogP contribution in [0.15, 0.2) is 59.1 Å². The summed E-state index contributed by atoms with van der Waals surface area (Å²) in [4.78, 5) is 36.1. The van der Waals surface area contributed by atoms with Crippen molar-refractivity contribution >= 4 is 51.1 Å². The minimum absolute atomic E-state index is 0.245. The van der Waals surface area contributed by atoms with E-state index in [-0.39, 0.29) is 13.0 Å². The van der Waals surface area contributed by atoms with Crippen LogP contribution in [0.3, 0.4) is 0 Å². The van der Waals surface area contributed by atoms with Crippen LogP contribution in [-0.2, 0) is 14.3 Å². The van der Waals surface area contributed by atoms with Crippen molar-refractivity contribution in [3.63, 3.8) is 0 Å². The maximum atomic E-state index is 12.1. The van der Waals surface area contributed by atoms with Gasteiger partial charge in [0.2, 0.25) is 0 Å². The number of benzene rings is 2. The molecule has 4 aromatic rings. The number of thiazole rings is 1. The number of hydrogen-bond donors (Lipinski definition) is 2. The Bertz CT molecular complexity index is 1180. The maximum absolute atomic E-state index is 12.1. The van der Waals surface area contributed by atoms with E-state index in [4.69, 9.17) is 4.74 Å². The molecule has 0 fully saturated rings. The molecule has 2 N–H and O–H groups in total. The molecule has 0 atom stereocenters. The van der Waals surface area contributed by atoms with Crippen molar-refractivity contribution in [3.8, 4) is 11.3 Å². The molecular formula is C23H22N4O3S2. The number of anilines is 1. The number of aromatic nitrogens is 3. The largest absolute Gasteiger partial charge is 0.456 e. The SMILES string of the molecule is Cc1ccc(-c2csc(NC(=O)COC(=O)CCCSc3nc4ccccc4[nH]3)n2)cc1. The van der Waals surface area contributed by atoms with Gasteiger partial charge in [0.05, 0.1) is 16.7 Å². The number of carbonyl (C=O) groups excluding carboxylic acids is 2. The van der Waals surface area contributed by atoms with E-state index in [1.807, 2.05) is 60.8 Å². The van der Waals surface area contributed by atoms with E-state index < -0.39 is 11.9 Å². The number of H-pyrrole nitrogens is 1. The normalized spacial score (nSPS) is 10.9. The molecule has 0 aliphatic heterocycles. The van der Waals surface area contributed by atoms with Gasteiger partial charge in [0.25, 0.3) is 5.91 Å². The van der Waals surface area contributed by atoms with Gasteiger partial charge in [-0.3, -0.25) is 14.9 Å². The zero-order chi connectivity index (χ0) is 22.3. The molecule has 0 unspecified atom stereocenters. The van der Waals surface area contributed by atoms with Crippen LogP contribution in [-0.4, -0.2) is 39.2 Å². The lowest BCUT2D eigenvalue weighted by atomic mass is 10.1. The van der Waals surface area contributed by atoms with E-state index in [0.29, 0.717) is 11.6 Å². The molecule has 4 rings (SSSR count). The fourth-order valence-electron chi connectivity index (χ4n) is 2.94. The van der Waals surface area contributed by atoms with E-state index in [2.05, 4.69) is 20.3 Å². The number of esters is 1. The lowest BCUT2D eigenvalue weighted by molar-refractivity contribution is -0.147. The smallest absolute Gasteiger partial charge is 0.306 e. The van der Waals surface area contributed by atoms with E-state index >= 15 is 0 Å². The van der Waals surface area contributed by atoms with Crippen LogP contribution in [0.25, 0.3) is 22.3 Å². The molecule has 0 radical (unpaired) electrons. The summed E-state index contributed by atoms with van der Waals surface area (Å²) in [5.41, 5.74) is 4.87. The molecule has 2 aromatic carbocycles. The molecule has 7 nitrogen and oxygen atoms in total. The molecule has 0 saturated carbocycles. The Hall–Kier alpha value is -3.17. The van der Waals surface area contributed by atoms with E-state index in [1.165, 1.54) is 16.9 Å². The molecule has 2 heterocycles. The van der Waals surface area contributed by atoms with Crippen LogP contribution >= 0.6 is 23.1 Å². The Morgan fingerprint density at radius 2 is 1.94 bits per heavy atom. The number of aromatic amines is 1. The van der Waals surface area contributed by atoms with Gasteiger partial charge in [-0.1, -0.05) is 53.7 Å². The minimum atomic E-state index is -0.403. The van der Waals surface area contributed by atoms with Gasteiger partial charge in [-0.25, -0.2) is 9.97 Å². The first kappa shape index (κ1) is 22.0. The van der Waals surface area contributed by atoms with E-state index in [0.717, 1.165) is 33.2 Å². The number of aryl methyl sites for hydroxylation is 1. The average molecular weight is 467 g/mol. The highest BCUT2D eigenvalue weighted by Gasteiger charge is 2.11. The Morgan fingerprint density at radius 1 is 1.12 bits per heavy atom. The number of imidazole rings is 1. The number of para-hydroxylation sites is 2. The predicted molar refractivity (Wildman–Crippen MR) is 128 cm³/mol. The molecule has 9 heteroatoms. The van der Waals surface area contributed by atoms with Crippen LogP contribution < -0.4 is 5.32 Å². The topological polar surface area (TPSA) is 97.0 Å². The van der Waals surface area contributed by atoms with Crippen molar-refractivity contribution < 1.29 is 14.3 Å². The number of rotatable bonds is 9. The van der Waals surface area contributed by atoms with Gasteiger partial charge in [-0.2, -0.15) is 0 Å². The second-order valence-electron chi connectivity index (χ2n) is 7.12. The second kappa shape index (κ2) is 10.4. The Morgan fingerprint density at radius 3 is 2.75 bits per heavy atom. The Labute approximate surface area is 193 Å². The zero-order valence-corrected chi connectivity index (χ0v) is 19.1. The molecule has 0 aliphatic rings. The molecule has 2 aromatic heterocycles. The molecule has 0 bridgehead atoms. The second-order valence-corrected chi connectivity index (χ2v) is 9.07. The highest BCUT2D eigenvalue weighted by molar-refractivity contribution is 7.99. The number of carbonyl (C=O) groups is 2. The summed E-state index contributed by atoms with van der Waals surface area (Å²) >= 11 is 2.89. The summed E-state index contributed by atoms with van der Waals surface area (Å²) in [7, 11) is 0. The number of thioether (sulfide) groups is 1. The van der Waals surface area contributed by atoms with Crippen molar-refractivity contribution in [3.05, 3.63) is 59.5 Å². The highest BCUT2D eigenvalue weighted by atomic mass is 32.2. The molecule has 0 spiro atoms. The van der Waals surface area contributed by atoms with Crippen molar-refractivity contribution in [1.82, 2.24) is 15.0 Å². The number of nitrogens with zero attached hydrogens (tertiary/aromatic N) is 2. The number of nitrogens with one attached hydrogen (secondary N) is 2. The van der Waals surface area contributed by atoms with E-state index in [9.17, 15) is 9.59 Å². The van der Waals surface area contributed by atoms with Crippen molar-refractivity contribution in [2.75, 3.05) is 17.7 Å². The monoisotopic (exact) mass is 466 g/mol. The molecule has 32 heavy (non-hydrogen) atoms. The van der Waals surface area contributed by atoms with Gasteiger partial charge < -0.3 is 9.72 Å². The summed E-state index contributed by atoms with van der Waals surface area (Å²) < 4.78 is 5.07. The van der Waals surface area contributed by atoms with E-state index in [1.54, 1.807) is 11.8 Å². The van der Waals surface area contributed by atoms with Crippen LogP contribution in [0.2, 0.25) is 0 Å². The van der Waals surface area contributed by atoms with Gasteiger partial charge in [0, 0.05) is 23.1 Å². The fraction of sp³-hybridized carbons (Fsp3) is 0.217. The molecule has 164 valence electrons. The van der Waals surface area contributed by atoms with Crippen LogP contribution in [0.5, 0.6) is 0 Å². The van der Waals surface area contributed by atoms with Gasteiger partial charge in [-0.05, 0) is 25.5 Å². The summed E-state index contributed by atoms with van der Waals surface area (Å²) in [5.74, 6) is -0.0770. The number of hydrogen-bond acceptors (Lipinski definition) is 7. The summed E-state index contributed by atoms with van der Waals surface area (Å²) in [5, 5.41) is 5.86. The lowest BCUT2D eigenvalue weighted by Gasteiger charge is -2.04. The number of ether oxygens (including phenoxy) is 1. The maximum Gasteiger partial charge on any atom is 0.306 e. The van der Waals surface area contributed by atoms with Crippen LogP contribution in [0.4, 0.5) is 5.13 Å². The first-order chi connectivity index (χ1) is 15.6. The first-order valence-corrected chi connectivity index (χ1v) is 12.0. The summed E-state index contributed by atoms with van der Waals surface area (Å²) in [6.45, 7) is 1.70. The Balaban J connectivity index is 1.15. The third kappa shape index (κ3) is 5.95. The van der Waals surface area contributed by atoms with Crippen LogP contribution in [0, 0.1) is 6.92 Å². The quantitative estimate of drug-likeness (QED) is 0.204. The molecule has 1 amide bonds. The summed E-state index contributed by atoms with van der Waals surface area (Å²) in [6.07, 6.45) is 0.879. The lowest BCUT2D eigenvalue weighted by Crippen LogP contribution is -2.20. The van der Waals surface area contributed by atoms with Crippen molar-refractivity contribution in [2.45, 2.75) is 24.9 Å². The van der Waals surface area contributed by atoms with Crippen molar-refractivity contribution in [2.24, 2.45) is 0 Å². The number of amides is 1. The first-order valence-electron chi connectivity index (χ1n) is 10.1. The number of fused-ring (bicyclic) bond motifs is 1. The minimum Gasteiger partial charge on any atom is -0.456 e. The molecule has 0 saturated heterocycles. The molecule has 0 aliphatic carbocycles. The summed E-state index contributed by atoms with van der Waals surface area (Å²) in [6, 6.07) is 15.8. The predicted octanol–water partition coefficient (Wildman–Crippen LogP) is 5.05. The highest BCUT2D eigenvalue weighted by Crippen LogP contribution is 2.25.